The third-order valence-electron chi connectivity index (χ3n) is 3.53. The molecule has 0 saturated carbocycles. The van der Waals surface area contributed by atoms with Gasteiger partial charge >= 0.3 is 0 Å². The summed E-state index contributed by atoms with van der Waals surface area (Å²) in [4.78, 5) is 12.4. The fraction of sp³-hybridized carbons (Fsp3) is 0.176. The number of hydrogen-bond acceptors (Lipinski definition) is 5. The average molecular weight is 357 g/mol. The fourth-order valence-electron chi connectivity index (χ4n) is 2.11. The minimum absolute atomic E-state index is 0.254. The first-order valence-corrected chi connectivity index (χ1v) is 8.50. The number of carbonyl (C=O) groups excluding carboxylic acids is 1. The highest BCUT2D eigenvalue weighted by Gasteiger charge is 2.19. The van der Waals surface area contributed by atoms with E-state index in [1.165, 1.54) is 17.8 Å². The molecule has 2 aromatic carbocycles. The summed E-state index contributed by atoms with van der Waals surface area (Å²) < 4.78 is 15.2. The summed E-state index contributed by atoms with van der Waals surface area (Å²) in [6.45, 7) is 3.41. The summed E-state index contributed by atoms with van der Waals surface area (Å²) in [6, 6.07) is 14.0. The Kier molecular flexibility index (Phi) is 5.08. The molecule has 0 bridgehead atoms. The number of thioether (sulfide) groups is 1. The Morgan fingerprint density at radius 1 is 1.24 bits per heavy atom. The van der Waals surface area contributed by atoms with E-state index < -0.39 is 5.25 Å². The van der Waals surface area contributed by atoms with Gasteiger partial charge in [0.1, 0.15) is 5.82 Å². The number of hydrogen-bond donors (Lipinski definition) is 1. The molecular weight excluding hydrogens is 341 g/mol. The zero-order valence-electron chi connectivity index (χ0n) is 13.7. The second-order valence-electron chi connectivity index (χ2n) is 5.42. The molecule has 3 aromatic rings. The molecule has 1 N–H and O–H groups in total. The van der Waals surface area contributed by atoms with Crippen LogP contribution >= 0.6 is 11.8 Å². The number of nitrogens with one attached hydrogen (secondary N) is 1. The molecule has 0 aliphatic carbocycles. The number of halogens is 1. The van der Waals surface area contributed by atoms with E-state index in [1.54, 1.807) is 30.7 Å². The van der Waals surface area contributed by atoms with Crippen molar-refractivity contribution in [1.29, 1.82) is 0 Å². The first-order valence-electron chi connectivity index (χ1n) is 7.62. The molecule has 0 radical (unpaired) electrons. The summed E-state index contributed by atoms with van der Waals surface area (Å²) in [5.41, 5.74) is 1.76. The standard InChI is InChI=1S/C17H16FN5OS/c1-11-8-9-13(10-15(11)18)19-16(24)12(2)25-17-20-21-22-23(17)14-6-4-3-5-7-14/h3-10,12H,1-2H3,(H,19,24). The molecule has 1 unspecified atom stereocenters. The quantitative estimate of drug-likeness (QED) is 0.710. The summed E-state index contributed by atoms with van der Waals surface area (Å²) in [6.07, 6.45) is 0. The van der Waals surface area contributed by atoms with Crippen LogP contribution in [0.5, 0.6) is 0 Å². The second-order valence-corrected chi connectivity index (χ2v) is 6.73. The predicted molar refractivity (Wildman–Crippen MR) is 94.2 cm³/mol. The Morgan fingerprint density at radius 2 is 2.00 bits per heavy atom. The molecule has 0 aliphatic heterocycles. The highest BCUT2D eigenvalue weighted by atomic mass is 32.2. The number of tetrazole rings is 1. The Hall–Kier alpha value is -2.74. The Balaban J connectivity index is 1.70. The molecule has 25 heavy (non-hydrogen) atoms. The summed E-state index contributed by atoms with van der Waals surface area (Å²) in [5, 5.41) is 14.4. The Morgan fingerprint density at radius 3 is 2.72 bits per heavy atom. The number of benzene rings is 2. The molecule has 1 heterocycles. The van der Waals surface area contributed by atoms with Crippen LogP contribution in [0.3, 0.4) is 0 Å². The highest BCUT2D eigenvalue weighted by Crippen LogP contribution is 2.24. The molecule has 1 atom stereocenters. The van der Waals surface area contributed by atoms with E-state index in [0.717, 1.165) is 5.69 Å². The molecule has 1 aromatic heterocycles. The monoisotopic (exact) mass is 357 g/mol. The van der Waals surface area contributed by atoms with Gasteiger partial charge in [0.25, 0.3) is 0 Å². The average Bonchev–Trinajstić information content (AvgIpc) is 3.07. The number of aryl methyl sites for hydroxylation is 1. The van der Waals surface area contributed by atoms with E-state index in [0.29, 0.717) is 16.4 Å². The maximum absolute atomic E-state index is 13.6. The van der Waals surface area contributed by atoms with Gasteiger partial charge in [0.15, 0.2) is 0 Å². The van der Waals surface area contributed by atoms with Crippen molar-refractivity contribution in [1.82, 2.24) is 20.2 Å². The highest BCUT2D eigenvalue weighted by molar-refractivity contribution is 8.00. The topological polar surface area (TPSA) is 72.7 Å². The first kappa shape index (κ1) is 17.1. The van der Waals surface area contributed by atoms with Gasteiger partial charge in [-0.2, -0.15) is 4.68 Å². The van der Waals surface area contributed by atoms with Crippen LogP contribution in [-0.4, -0.2) is 31.4 Å². The Labute approximate surface area is 148 Å². The van der Waals surface area contributed by atoms with Gasteiger partial charge in [0, 0.05) is 5.69 Å². The van der Waals surface area contributed by atoms with E-state index in [1.807, 2.05) is 30.3 Å². The number of carbonyl (C=O) groups is 1. The summed E-state index contributed by atoms with van der Waals surface area (Å²) >= 11 is 1.23. The van der Waals surface area contributed by atoms with Crippen molar-refractivity contribution in [2.75, 3.05) is 5.32 Å². The third-order valence-corrected chi connectivity index (χ3v) is 4.57. The van der Waals surface area contributed by atoms with Crippen LogP contribution in [0, 0.1) is 12.7 Å². The SMILES string of the molecule is Cc1ccc(NC(=O)C(C)Sc2nnnn2-c2ccccc2)cc1F. The molecule has 1 amide bonds. The van der Waals surface area contributed by atoms with Crippen molar-refractivity contribution in [2.45, 2.75) is 24.3 Å². The summed E-state index contributed by atoms with van der Waals surface area (Å²) in [7, 11) is 0. The molecule has 0 spiro atoms. The van der Waals surface area contributed by atoms with Gasteiger partial charge in [-0.05, 0) is 54.1 Å². The van der Waals surface area contributed by atoms with Crippen LogP contribution in [0.4, 0.5) is 10.1 Å². The van der Waals surface area contributed by atoms with Crippen LogP contribution in [-0.2, 0) is 4.79 Å². The van der Waals surface area contributed by atoms with Crippen molar-refractivity contribution >= 4 is 23.4 Å². The van der Waals surface area contributed by atoms with Gasteiger partial charge < -0.3 is 5.32 Å². The van der Waals surface area contributed by atoms with E-state index in [2.05, 4.69) is 20.8 Å². The van der Waals surface area contributed by atoms with Crippen LogP contribution in [0.15, 0.2) is 53.7 Å². The van der Waals surface area contributed by atoms with Crippen molar-refractivity contribution in [3.8, 4) is 5.69 Å². The van der Waals surface area contributed by atoms with Crippen LogP contribution in [0.1, 0.15) is 12.5 Å². The van der Waals surface area contributed by atoms with Crippen molar-refractivity contribution < 1.29 is 9.18 Å². The largest absolute Gasteiger partial charge is 0.325 e. The zero-order chi connectivity index (χ0) is 17.8. The predicted octanol–water partition coefficient (Wildman–Crippen LogP) is 3.23. The van der Waals surface area contributed by atoms with Crippen molar-refractivity contribution in [3.05, 3.63) is 59.9 Å². The maximum atomic E-state index is 13.6. The molecule has 0 fully saturated rings. The summed E-state index contributed by atoms with van der Waals surface area (Å²) in [5.74, 6) is -0.609. The molecule has 0 saturated heterocycles. The van der Waals surface area contributed by atoms with Gasteiger partial charge in [0.05, 0.1) is 10.9 Å². The van der Waals surface area contributed by atoms with E-state index >= 15 is 0 Å². The molecule has 6 nitrogen and oxygen atoms in total. The number of aromatic nitrogens is 4. The van der Waals surface area contributed by atoms with Crippen LogP contribution in [0.2, 0.25) is 0 Å². The fourth-order valence-corrected chi connectivity index (χ4v) is 2.92. The molecule has 128 valence electrons. The lowest BCUT2D eigenvalue weighted by Gasteiger charge is -2.12. The van der Waals surface area contributed by atoms with Gasteiger partial charge in [-0.15, -0.1) is 5.10 Å². The number of nitrogens with zero attached hydrogens (tertiary/aromatic N) is 4. The number of para-hydroxylation sites is 1. The van der Waals surface area contributed by atoms with Gasteiger partial charge in [-0.3, -0.25) is 4.79 Å². The molecule has 0 aliphatic rings. The molecule has 8 heteroatoms. The normalized spacial score (nSPS) is 12.0. The van der Waals surface area contributed by atoms with Crippen LogP contribution < -0.4 is 5.32 Å². The van der Waals surface area contributed by atoms with Crippen LogP contribution in [0.25, 0.3) is 5.69 Å². The maximum Gasteiger partial charge on any atom is 0.237 e. The van der Waals surface area contributed by atoms with E-state index in [-0.39, 0.29) is 11.7 Å². The van der Waals surface area contributed by atoms with E-state index in [9.17, 15) is 9.18 Å². The molecular formula is C17H16FN5OS. The second kappa shape index (κ2) is 7.43. The van der Waals surface area contributed by atoms with Gasteiger partial charge in [-0.1, -0.05) is 36.0 Å². The van der Waals surface area contributed by atoms with E-state index in [4.69, 9.17) is 0 Å². The lowest BCUT2D eigenvalue weighted by atomic mass is 10.2. The van der Waals surface area contributed by atoms with Gasteiger partial charge in [0.2, 0.25) is 11.1 Å². The Bertz CT molecular complexity index is 884. The minimum Gasteiger partial charge on any atom is -0.325 e. The first-order chi connectivity index (χ1) is 12.0. The van der Waals surface area contributed by atoms with Gasteiger partial charge in [-0.25, -0.2) is 4.39 Å². The molecule has 3 rings (SSSR count). The lowest BCUT2D eigenvalue weighted by molar-refractivity contribution is -0.115. The zero-order valence-corrected chi connectivity index (χ0v) is 14.5. The number of rotatable bonds is 5. The number of anilines is 1. The van der Waals surface area contributed by atoms with Crippen molar-refractivity contribution in [3.63, 3.8) is 0 Å². The minimum atomic E-state index is -0.460. The third kappa shape index (κ3) is 4.03. The number of amides is 1. The smallest absolute Gasteiger partial charge is 0.237 e. The lowest BCUT2D eigenvalue weighted by Crippen LogP contribution is -2.23. The van der Waals surface area contributed by atoms with Crippen molar-refractivity contribution in [2.24, 2.45) is 0 Å².